The summed E-state index contributed by atoms with van der Waals surface area (Å²) in [7, 11) is 0. The Morgan fingerprint density at radius 1 is 1.22 bits per heavy atom. The predicted molar refractivity (Wildman–Crippen MR) is 68.7 cm³/mol. The molecule has 3 heteroatoms. The van der Waals surface area contributed by atoms with Gasteiger partial charge >= 0.3 is 0 Å². The van der Waals surface area contributed by atoms with Crippen molar-refractivity contribution in [1.29, 1.82) is 0 Å². The monoisotopic (exact) mass is 241 g/mol. The number of carbonyl (C=O) groups is 1. The molecule has 0 aliphatic carbocycles. The van der Waals surface area contributed by atoms with Gasteiger partial charge in [0.15, 0.2) is 5.78 Å². The van der Waals surface area contributed by atoms with Crippen LogP contribution in [-0.4, -0.2) is 10.8 Å². The fourth-order valence-electron chi connectivity index (χ4n) is 1.55. The molecule has 1 aromatic heterocycles. The van der Waals surface area contributed by atoms with Gasteiger partial charge in [0.1, 0.15) is 5.82 Å². The molecule has 0 saturated carbocycles. The molecule has 0 radical (unpaired) electrons. The number of halogens is 1. The number of rotatable bonds is 3. The smallest absolute Gasteiger partial charge is 0.185 e. The fraction of sp³-hybridized carbons (Fsp3) is 0.0667. The third-order valence-electron chi connectivity index (χ3n) is 2.48. The second-order valence-electron chi connectivity index (χ2n) is 3.94. The zero-order chi connectivity index (χ0) is 13.0. The highest BCUT2D eigenvalue weighted by Crippen LogP contribution is 2.07. The van der Waals surface area contributed by atoms with E-state index >= 15 is 0 Å². The van der Waals surface area contributed by atoms with Crippen molar-refractivity contribution in [3.8, 4) is 0 Å². The molecule has 1 aromatic carbocycles. The van der Waals surface area contributed by atoms with Crippen molar-refractivity contribution in [2.75, 3.05) is 0 Å². The molecule has 0 aliphatic rings. The minimum absolute atomic E-state index is 0.149. The molecule has 1 heterocycles. The number of benzene rings is 1. The van der Waals surface area contributed by atoms with Gasteiger partial charge in [-0.2, -0.15) is 0 Å². The van der Waals surface area contributed by atoms with Gasteiger partial charge in [-0.3, -0.25) is 9.78 Å². The maximum absolute atomic E-state index is 12.7. The highest BCUT2D eigenvalue weighted by Gasteiger charge is 2.01. The summed E-state index contributed by atoms with van der Waals surface area (Å²) in [6.45, 7) is 1.89. The third kappa shape index (κ3) is 3.10. The zero-order valence-electron chi connectivity index (χ0n) is 9.93. The number of ketones is 1. The molecule has 0 aliphatic heterocycles. The molecular weight excluding hydrogens is 229 g/mol. The first-order valence-electron chi connectivity index (χ1n) is 5.56. The van der Waals surface area contributed by atoms with Gasteiger partial charge in [0, 0.05) is 17.5 Å². The second-order valence-corrected chi connectivity index (χ2v) is 3.94. The van der Waals surface area contributed by atoms with Crippen LogP contribution in [0.3, 0.4) is 0 Å². The Balaban J connectivity index is 2.14. The molecule has 0 bridgehead atoms. The molecule has 0 amide bonds. The SMILES string of the molecule is Cc1cc(/C=C/C(=O)c2ccc(F)cc2)ccn1. The Bertz CT molecular complexity index is 588. The van der Waals surface area contributed by atoms with Crippen molar-refractivity contribution in [2.24, 2.45) is 0 Å². The summed E-state index contributed by atoms with van der Waals surface area (Å²) in [6, 6.07) is 9.20. The molecular formula is C15H12FNO. The topological polar surface area (TPSA) is 30.0 Å². The highest BCUT2D eigenvalue weighted by atomic mass is 19.1. The van der Waals surface area contributed by atoms with E-state index in [1.165, 1.54) is 30.3 Å². The normalized spacial score (nSPS) is 10.8. The van der Waals surface area contributed by atoms with Crippen LogP contribution in [0.5, 0.6) is 0 Å². The van der Waals surface area contributed by atoms with E-state index < -0.39 is 0 Å². The number of aromatic nitrogens is 1. The minimum atomic E-state index is -0.347. The van der Waals surface area contributed by atoms with Crippen LogP contribution in [0.1, 0.15) is 21.6 Å². The van der Waals surface area contributed by atoms with Crippen molar-refractivity contribution < 1.29 is 9.18 Å². The van der Waals surface area contributed by atoms with Crippen molar-refractivity contribution in [1.82, 2.24) is 4.98 Å². The molecule has 0 atom stereocenters. The van der Waals surface area contributed by atoms with Gasteiger partial charge in [0.05, 0.1) is 0 Å². The zero-order valence-corrected chi connectivity index (χ0v) is 9.93. The van der Waals surface area contributed by atoms with E-state index in [4.69, 9.17) is 0 Å². The Hall–Kier alpha value is -2.29. The number of pyridine rings is 1. The Labute approximate surface area is 105 Å². The molecule has 0 N–H and O–H groups in total. The van der Waals surface area contributed by atoms with E-state index in [1.54, 1.807) is 12.3 Å². The average Bonchev–Trinajstić information content (AvgIpc) is 2.37. The molecule has 0 unspecified atom stereocenters. The van der Waals surface area contributed by atoms with Gasteiger partial charge in [0.2, 0.25) is 0 Å². The van der Waals surface area contributed by atoms with E-state index in [0.717, 1.165) is 11.3 Å². The van der Waals surface area contributed by atoms with E-state index in [1.807, 2.05) is 19.1 Å². The van der Waals surface area contributed by atoms with Gasteiger partial charge in [-0.1, -0.05) is 6.08 Å². The summed E-state index contributed by atoms with van der Waals surface area (Å²) < 4.78 is 12.7. The minimum Gasteiger partial charge on any atom is -0.289 e. The van der Waals surface area contributed by atoms with Crippen molar-refractivity contribution in [2.45, 2.75) is 6.92 Å². The van der Waals surface area contributed by atoms with Gasteiger partial charge in [0.25, 0.3) is 0 Å². The summed E-state index contributed by atoms with van der Waals surface area (Å²) >= 11 is 0. The molecule has 2 nitrogen and oxygen atoms in total. The van der Waals surface area contributed by atoms with Gasteiger partial charge < -0.3 is 0 Å². The van der Waals surface area contributed by atoms with Crippen molar-refractivity contribution in [3.05, 3.63) is 71.3 Å². The Morgan fingerprint density at radius 2 is 1.94 bits per heavy atom. The number of aryl methyl sites for hydroxylation is 1. The first kappa shape index (κ1) is 12.2. The summed E-state index contributed by atoms with van der Waals surface area (Å²) in [6.07, 6.45) is 4.89. The third-order valence-corrected chi connectivity index (χ3v) is 2.48. The van der Waals surface area contributed by atoms with E-state index in [0.29, 0.717) is 5.56 Å². The summed E-state index contributed by atoms with van der Waals surface area (Å²) in [5.41, 5.74) is 2.28. The summed E-state index contributed by atoms with van der Waals surface area (Å²) in [4.78, 5) is 15.9. The van der Waals surface area contributed by atoms with Crippen LogP contribution in [0.15, 0.2) is 48.7 Å². The van der Waals surface area contributed by atoms with E-state index in [-0.39, 0.29) is 11.6 Å². The fourth-order valence-corrected chi connectivity index (χ4v) is 1.55. The molecule has 18 heavy (non-hydrogen) atoms. The molecule has 0 spiro atoms. The number of allylic oxidation sites excluding steroid dienone is 1. The standard InChI is InChI=1S/C15H12FNO/c1-11-10-12(8-9-17-11)2-7-15(18)13-3-5-14(16)6-4-13/h2-10H,1H3/b7-2+. The summed E-state index contributed by atoms with van der Waals surface area (Å²) in [5, 5.41) is 0. The van der Waals surface area contributed by atoms with Gasteiger partial charge in [-0.25, -0.2) is 4.39 Å². The molecule has 2 aromatic rings. The Morgan fingerprint density at radius 3 is 2.61 bits per heavy atom. The van der Waals surface area contributed by atoms with E-state index in [2.05, 4.69) is 4.98 Å². The van der Waals surface area contributed by atoms with Crippen LogP contribution in [0.4, 0.5) is 4.39 Å². The van der Waals surface area contributed by atoms with Crippen LogP contribution < -0.4 is 0 Å². The van der Waals surface area contributed by atoms with E-state index in [9.17, 15) is 9.18 Å². The lowest BCUT2D eigenvalue weighted by Gasteiger charge is -1.96. The number of hydrogen-bond acceptors (Lipinski definition) is 2. The molecule has 0 fully saturated rings. The van der Waals surface area contributed by atoms with Crippen molar-refractivity contribution >= 4 is 11.9 Å². The van der Waals surface area contributed by atoms with Crippen molar-refractivity contribution in [3.63, 3.8) is 0 Å². The average molecular weight is 241 g/mol. The lowest BCUT2D eigenvalue weighted by molar-refractivity contribution is 0.104. The highest BCUT2D eigenvalue weighted by molar-refractivity contribution is 6.06. The first-order chi connectivity index (χ1) is 8.65. The molecule has 0 saturated heterocycles. The van der Waals surface area contributed by atoms with Crippen LogP contribution in [0, 0.1) is 12.7 Å². The maximum Gasteiger partial charge on any atom is 0.185 e. The number of nitrogens with zero attached hydrogens (tertiary/aromatic N) is 1. The largest absolute Gasteiger partial charge is 0.289 e. The maximum atomic E-state index is 12.7. The van der Waals surface area contributed by atoms with Crippen LogP contribution in [0.2, 0.25) is 0 Å². The first-order valence-corrected chi connectivity index (χ1v) is 5.56. The van der Waals surface area contributed by atoms with Crippen LogP contribution in [-0.2, 0) is 0 Å². The second kappa shape index (κ2) is 5.36. The van der Waals surface area contributed by atoms with Gasteiger partial charge in [-0.15, -0.1) is 0 Å². The van der Waals surface area contributed by atoms with Crippen LogP contribution >= 0.6 is 0 Å². The van der Waals surface area contributed by atoms with Crippen LogP contribution in [0.25, 0.3) is 6.08 Å². The lowest BCUT2D eigenvalue weighted by Crippen LogP contribution is -1.93. The Kier molecular flexibility index (Phi) is 3.63. The van der Waals surface area contributed by atoms with Gasteiger partial charge in [-0.05, 0) is 55.0 Å². The number of hydrogen-bond donors (Lipinski definition) is 0. The summed E-state index contributed by atoms with van der Waals surface area (Å²) in [5.74, 6) is -0.496. The molecule has 2 rings (SSSR count). The molecule has 90 valence electrons. The predicted octanol–water partition coefficient (Wildman–Crippen LogP) is 3.43. The number of carbonyl (C=O) groups excluding carboxylic acids is 1. The lowest BCUT2D eigenvalue weighted by atomic mass is 10.1. The quantitative estimate of drug-likeness (QED) is 0.608.